The SMILES string of the molecule is O=Cc1ccccc1Sc1ccc(Br)cn1. The minimum Gasteiger partial charge on any atom is -0.298 e. The highest BCUT2D eigenvalue weighted by Crippen LogP contribution is 2.28. The van der Waals surface area contributed by atoms with E-state index in [1.807, 2.05) is 30.3 Å². The number of pyridine rings is 1. The second kappa shape index (κ2) is 5.27. The first-order valence-electron chi connectivity index (χ1n) is 4.63. The van der Waals surface area contributed by atoms with E-state index in [2.05, 4.69) is 20.9 Å². The molecule has 80 valence electrons. The van der Waals surface area contributed by atoms with Gasteiger partial charge in [-0.15, -0.1) is 0 Å². The van der Waals surface area contributed by atoms with Crippen LogP contribution < -0.4 is 0 Å². The molecule has 1 heterocycles. The third-order valence-electron chi connectivity index (χ3n) is 1.96. The monoisotopic (exact) mass is 293 g/mol. The van der Waals surface area contributed by atoms with Gasteiger partial charge < -0.3 is 0 Å². The van der Waals surface area contributed by atoms with Crippen LogP contribution in [0.15, 0.2) is 57.0 Å². The van der Waals surface area contributed by atoms with Gasteiger partial charge in [0.25, 0.3) is 0 Å². The number of benzene rings is 1. The third kappa shape index (κ3) is 2.71. The Hall–Kier alpha value is -1.13. The molecule has 16 heavy (non-hydrogen) atoms. The van der Waals surface area contributed by atoms with Gasteiger partial charge in [0, 0.05) is 21.1 Å². The van der Waals surface area contributed by atoms with E-state index in [4.69, 9.17) is 0 Å². The van der Waals surface area contributed by atoms with E-state index in [1.54, 1.807) is 12.3 Å². The minimum absolute atomic E-state index is 0.692. The molecule has 0 bridgehead atoms. The van der Waals surface area contributed by atoms with Crippen molar-refractivity contribution in [2.45, 2.75) is 9.92 Å². The average molecular weight is 294 g/mol. The lowest BCUT2D eigenvalue weighted by molar-refractivity contribution is 0.112. The molecule has 0 saturated heterocycles. The number of halogens is 1. The predicted octanol–water partition coefficient (Wildman–Crippen LogP) is 3.81. The van der Waals surface area contributed by atoms with E-state index in [-0.39, 0.29) is 0 Å². The summed E-state index contributed by atoms with van der Waals surface area (Å²) in [5, 5.41) is 0.873. The Bertz CT molecular complexity index is 499. The van der Waals surface area contributed by atoms with Crippen LogP contribution in [0.3, 0.4) is 0 Å². The summed E-state index contributed by atoms with van der Waals surface area (Å²) < 4.78 is 0.945. The van der Waals surface area contributed by atoms with Crippen molar-refractivity contribution in [3.8, 4) is 0 Å². The zero-order valence-electron chi connectivity index (χ0n) is 8.26. The van der Waals surface area contributed by atoms with Crippen molar-refractivity contribution in [1.29, 1.82) is 0 Å². The third-order valence-corrected chi connectivity index (χ3v) is 3.47. The van der Waals surface area contributed by atoms with E-state index in [0.29, 0.717) is 5.56 Å². The van der Waals surface area contributed by atoms with Crippen LogP contribution in [-0.2, 0) is 0 Å². The Morgan fingerprint density at radius 3 is 2.69 bits per heavy atom. The van der Waals surface area contributed by atoms with Gasteiger partial charge >= 0.3 is 0 Å². The highest BCUT2D eigenvalue weighted by molar-refractivity contribution is 9.10. The van der Waals surface area contributed by atoms with Crippen LogP contribution in [0.25, 0.3) is 0 Å². The Morgan fingerprint density at radius 1 is 1.19 bits per heavy atom. The van der Waals surface area contributed by atoms with Crippen molar-refractivity contribution in [2.24, 2.45) is 0 Å². The van der Waals surface area contributed by atoms with Crippen molar-refractivity contribution < 1.29 is 4.79 Å². The maximum atomic E-state index is 10.8. The maximum absolute atomic E-state index is 10.8. The first-order chi connectivity index (χ1) is 7.79. The van der Waals surface area contributed by atoms with E-state index >= 15 is 0 Å². The van der Waals surface area contributed by atoms with Gasteiger partial charge in [-0.1, -0.05) is 30.0 Å². The predicted molar refractivity (Wildman–Crippen MR) is 67.9 cm³/mol. The lowest BCUT2D eigenvalue weighted by atomic mass is 10.2. The number of hydrogen-bond donors (Lipinski definition) is 0. The van der Waals surface area contributed by atoms with E-state index < -0.39 is 0 Å². The summed E-state index contributed by atoms with van der Waals surface area (Å²) in [5.74, 6) is 0. The molecule has 0 amide bonds. The molecule has 0 spiro atoms. The second-order valence-corrected chi connectivity index (χ2v) is 5.05. The topological polar surface area (TPSA) is 30.0 Å². The molecule has 2 nitrogen and oxygen atoms in total. The van der Waals surface area contributed by atoms with Gasteiger partial charge in [0.15, 0.2) is 6.29 Å². The lowest BCUT2D eigenvalue weighted by Gasteiger charge is -2.03. The molecule has 1 aromatic heterocycles. The molecule has 0 radical (unpaired) electrons. The fraction of sp³-hybridized carbons (Fsp3) is 0. The molecular formula is C12H8BrNOS. The number of carbonyl (C=O) groups excluding carboxylic acids is 1. The number of hydrogen-bond acceptors (Lipinski definition) is 3. The Labute approximate surface area is 106 Å². The Balaban J connectivity index is 2.26. The largest absolute Gasteiger partial charge is 0.298 e. The summed E-state index contributed by atoms with van der Waals surface area (Å²) in [6.45, 7) is 0. The number of aldehydes is 1. The van der Waals surface area contributed by atoms with Gasteiger partial charge in [0.05, 0.1) is 0 Å². The molecule has 0 aliphatic rings. The molecule has 2 aromatic rings. The molecule has 0 aliphatic heterocycles. The number of aromatic nitrogens is 1. The standard InChI is InChI=1S/C12H8BrNOS/c13-10-5-6-12(14-7-10)16-11-4-2-1-3-9(11)8-15/h1-8H. The molecule has 4 heteroatoms. The van der Waals surface area contributed by atoms with Crippen LogP contribution >= 0.6 is 27.7 Å². The van der Waals surface area contributed by atoms with Crippen molar-refractivity contribution in [3.05, 3.63) is 52.6 Å². The van der Waals surface area contributed by atoms with Crippen LogP contribution in [0.5, 0.6) is 0 Å². The zero-order valence-corrected chi connectivity index (χ0v) is 10.7. The maximum Gasteiger partial charge on any atom is 0.151 e. The van der Waals surface area contributed by atoms with Crippen molar-refractivity contribution in [1.82, 2.24) is 4.98 Å². The summed E-state index contributed by atoms with van der Waals surface area (Å²) in [6, 6.07) is 11.3. The highest BCUT2D eigenvalue weighted by atomic mass is 79.9. The molecule has 0 N–H and O–H groups in total. The number of nitrogens with zero attached hydrogens (tertiary/aromatic N) is 1. The van der Waals surface area contributed by atoms with Crippen LogP contribution in [0.4, 0.5) is 0 Å². The summed E-state index contributed by atoms with van der Waals surface area (Å²) in [5.41, 5.74) is 0.692. The number of carbonyl (C=O) groups is 1. The number of rotatable bonds is 3. The van der Waals surface area contributed by atoms with Crippen molar-refractivity contribution in [3.63, 3.8) is 0 Å². The molecular weight excluding hydrogens is 286 g/mol. The first kappa shape index (κ1) is 11.4. The lowest BCUT2D eigenvalue weighted by Crippen LogP contribution is -1.85. The van der Waals surface area contributed by atoms with E-state index in [9.17, 15) is 4.79 Å². The minimum atomic E-state index is 0.692. The summed E-state index contributed by atoms with van der Waals surface area (Å²) >= 11 is 4.82. The Kier molecular flexibility index (Phi) is 3.74. The van der Waals surface area contributed by atoms with E-state index in [1.165, 1.54) is 11.8 Å². The Morgan fingerprint density at radius 2 is 2.00 bits per heavy atom. The highest BCUT2D eigenvalue weighted by Gasteiger charge is 2.03. The van der Waals surface area contributed by atoms with Gasteiger partial charge in [-0.2, -0.15) is 0 Å². The van der Waals surface area contributed by atoms with Crippen LogP contribution in [0, 0.1) is 0 Å². The molecule has 0 unspecified atom stereocenters. The zero-order chi connectivity index (χ0) is 11.4. The quantitative estimate of drug-likeness (QED) is 0.806. The normalized spacial score (nSPS) is 10.1. The van der Waals surface area contributed by atoms with Gasteiger partial charge in [0.2, 0.25) is 0 Å². The molecule has 2 rings (SSSR count). The molecule has 1 aromatic carbocycles. The summed E-state index contributed by atoms with van der Waals surface area (Å²) in [6.07, 6.45) is 2.60. The average Bonchev–Trinajstić information content (AvgIpc) is 2.33. The van der Waals surface area contributed by atoms with E-state index in [0.717, 1.165) is 20.7 Å². The molecule has 0 saturated carbocycles. The first-order valence-corrected chi connectivity index (χ1v) is 6.24. The summed E-state index contributed by atoms with van der Waals surface area (Å²) in [4.78, 5) is 16.0. The van der Waals surface area contributed by atoms with Crippen molar-refractivity contribution >= 4 is 34.0 Å². The van der Waals surface area contributed by atoms with Crippen molar-refractivity contribution in [2.75, 3.05) is 0 Å². The van der Waals surface area contributed by atoms with Crippen LogP contribution in [-0.4, -0.2) is 11.3 Å². The second-order valence-electron chi connectivity index (χ2n) is 3.07. The molecule has 0 fully saturated rings. The van der Waals surface area contributed by atoms with Gasteiger partial charge in [-0.3, -0.25) is 4.79 Å². The van der Waals surface area contributed by atoms with Gasteiger partial charge in [0.1, 0.15) is 5.03 Å². The van der Waals surface area contributed by atoms with Crippen LogP contribution in [0.1, 0.15) is 10.4 Å². The van der Waals surface area contributed by atoms with Gasteiger partial charge in [-0.05, 0) is 34.1 Å². The van der Waals surface area contributed by atoms with Gasteiger partial charge in [-0.25, -0.2) is 4.98 Å². The fourth-order valence-corrected chi connectivity index (χ4v) is 2.29. The molecule has 0 aliphatic carbocycles. The fourth-order valence-electron chi connectivity index (χ4n) is 1.21. The van der Waals surface area contributed by atoms with Crippen LogP contribution in [0.2, 0.25) is 0 Å². The molecule has 0 atom stereocenters. The summed E-state index contributed by atoms with van der Waals surface area (Å²) in [7, 11) is 0. The smallest absolute Gasteiger partial charge is 0.151 e.